The second kappa shape index (κ2) is 7.02. The van der Waals surface area contributed by atoms with Crippen LogP contribution in [-0.4, -0.2) is 38.8 Å². The highest BCUT2D eigenvalue weighted by atomic mass is 16.5. The first-order valence-corrected chi connectivity index (χ1v) is 8.75. The van der Waals surface area contributed by atoms with Crippen LogP contribution in [0.5, 0.6) is 0 Å². The molecule has 2 aliphatic rings. The van der Waals surface area contributed by atoms with Gasteiger partial charge in [-0.1, -0.05) is 31.2 Å². The summed E-state index contributed by atoms with van der Waals surface area (Å²) in [6.45, 7) is 8.39. The van der Waals surface area contributed by atoms with Crippen molar-refractivity contribution in [3.8, 4) is 0 Å². The fourth-order valence-corrected chi connectivity index (χ4v) is 3.77. The summed E-state index contributed by atoms with van der Waals surface area (Å²) in [5, 5.41) is 6.49. The molecule has 23 heavy (non-hydrogen) atoms. The van der Waals surface area contributed by atoms with Crippen LogP contribution in [0.3, 0.4) is 0 Å². The lowest BCUT2D eigenvalue weighted by molar-refractivity contribution is -0.127. The van der Waals surface area contributed by atoms with E-state index in [1.54, 1.807) is 0 Å². The molecule has 1 unspecified atom stereocenters. The molecule has 4 nitrogen and oxygen atoms in total. The number of rotatable bonds is 5. The molecule has 0 aliphatic carbocycles. The maximum absolute atomic E-state index is 12.5. The van der Waals surface area contributed by atoms with E-state index in [9.17, 15) is 4.79 Å². The molecular weight excluding hydrogens is 288 g/mol. The van der Waals surface area contributed by atoms with E-state index >= 15 is 0 Å². The van der Waals surface area contributed by atoms with Crippen LogP contribution < -0.4 is 10.6 Å². The van der Waals surface area contributed by atoms with Gasteiger partial charge in [0.1, 0.15) is 0 Å². The quantitative estimate of drug-likeness (QED) is 0.874. The van der Waals surface area contributed by atoms with Crippen LogP contribution in [0.15, 0.2) is 24.3 Å². The van der Waals surface area contributed by atoms with Crippen LogP contribution in [0.2, 0.25) is 0 Å². The van der Waals surface area contributed by atoms with Gasteiger partial charge in [0, 0.05) is 31.1 Å². The maximum atomic E-state index is 12.5. The van der Waals surface area contributed by atoms with Gasteiger partial charge in [-0.3, -0.25) is 4.79 Å². The lowest BCUT2D eigenvalue weighted by Crippen LogP contribution is -2.52. The summed E-state index contributed by atoms with van der Waals surface area (Å²) in [4.78, 5) is 12.5. The first-order chi connectivity index (χ1) is 11.1. The topological polar surface area (TPSA) is 50.4 Å². The molecule has 1 atom stereocenters. The van der Waals surface area contributed by atoms with Crippen molar-refractivity contribution in [3.05, 3.63) is 35.4 Å². The molecule has 2 N–H and O–H groups in total. The van der Waals surface area contributed by atoms with Gasteiger partial charge < -0.3 is 15.4 Å². The second-order valence-electron chi connectivity index (χ2n) is 7.13. The van der Waals surface area contributed by atoms with E-state index in [0.717, 1.165) is 39.1 Å². The molecule has 1 aromatic rings. The van der Waals surface area contributed by atoms with Gasteiger partial charge in [-0.2, -0.15) is 0 Å². The van der Waals surface area contributed by atoms with Crippen molar-refractivity contribution in [2.24, 2.45) is 11.8 Å². The molecule has 1 aromatic carbocycles. The number of aryl methyl sites for hydroxylation is 1. The Morgan fingerprint density at radius 1 is 1.35 bits per heavy atom. The highest BCUT2D eigenvalue weighted by molar-refractivity contribution is 5.79. The van der Waals surface area contributed by atoms with E-state index in [2.05, 4.69) is 41.8 Å². The second-order valence-corrected chi connectivity index (χ2v) is 7.13. The molecule has 0 saturated carbocycles. The largest absolute Gasteiger partial charge is 0.381 e. The van der Waals surface area contributed by atoms with Gasteiger partial charge in [0.05, 0.1) is 0 Å². The van der Waals surface area contributed by atoms with Gasteiger partial charge >= 0.3 is 0 Å². The number of amides is 1. The minimum absolute atomic E-state index is 0.0108. The molecule has 0 radical (unpaired) electrons. The number of hydrogen-bond donors (Lipinski definition) is 2. The molecule has 0 bridgehead atoms. The Kier molecular flexibility index (Phi) is 5.02. The average molecular weight is 316 g/mol. The molecule has 4 heteroatoms. The van der Waals surface area contributed by atoms with E-state index in [4.69, 9.17) is 4.74 Å². The molecule has 0 spiro atoms. The van der Waals surface area contributed by atoms with Crippen molar-refractivity contribution in [2.45, 2.75) is 32.1 Å². The van der Waals surface area contributed by atoms with E-state index in [1.165, 1.54) is 11.1 Å². The molecule has 0 aromatic heterocycles. The third-order valence-electron chi connectivity index (χ3n) is 5.70. The van der Waals surface area contributed by atoms with Crippen molar-refractivity contribution in [3.63, 3.8) is 0 Å². The monoisotopic (exact) mass is 316 g/mol. The summed E-state index contributed by atoms with van der Waals surface area (Å²) in [7, 11) is 0. The number of ether oxygens (including phenoxy) is 1. The summed E-state index contributed by atoms with van der Waals surface area (Å²) < 4.78 is 5.58. The predicted octanol–water partition coefficient (Wildman–Crippen LogP) is 2.01. The smallest absolute Gasteiger partial charge is 0.223 e. The third-order valence-corrected chi connectivity index (χ3v) is 5.70. The summed E-state index contributed by atoms with van der Waals surface area (Å²) in [6, 6.07) is 8.56. The van der Waals surface area contributed by atoms with E-state index in [-0.39, 0.29) is 17.2 Å². The zero-order chi connectivity index (χ0) is 16.3. The standard InChI is InChI=1S/C19H28N2O2/c1-14-5-3-4-6-17(14)19(7-9-23-10-8-19)13-21-18(22)15(2)16-11-20-12-16/h3-6,15-16,20H,7-13H2,1-2H3,(H,21,22). The average Bonchev–Trinajstić information content (AvgIpc) is 2.52. The summed E-state index contributed by atoms with van der Waals surface area (Å²) >= 11 is 0. The van der Waals surface area contributed by atoms with E-state index < -0.39 is 0 Å². The predicted molar refractivity (Wildman–Crippen MR) is 91.4 cm³/mol. The molecule has 126 valence electrons. The zero-order valence-corrected chi connectivity index (χ0v) is 14.2. The van der Waals surface area contributed by atoms with Gasteiger partial charge in [0.25, 0.3) is 0 Å². The zero-order valence-electron chi connectivity index (χ0n) is 14.2. The van der Waals surface area contributed by atoms with Crippen LogP contribution in [-0.2, 0) is 14.9 Å². The fraction of sp³-hybridized carbons (Fsp3) is 0.632. The number of nitrogens with one attached hydrogen (secondary N) is 2. The molecular formula is C19H28N2O2. The Morgan fingerprint density at radius 2 is 2.04 bits per heavy atom. The normalized spacial score (nSPS) is 22.2. The van der Waals surface area contributed by atoms with Gasteiger partial charge in [0.2, 0.25) is 5.91 Å². The molecule has 2 fully saturated rings. The van der Waals surface area contributed by atoms with Gasteiger partial charge in [-0.05, 0) is 49.9 Å². The van der Waals surface area contributed by atoms with Crippen LogP contribution in [0.4, 0.5) is 0 Å². The van der Waals surface area contributed by atoms with E-state index in [0.29, 0.717) is 12.5 Å². The first kappa shape index (κ1) is 16.5. The van der Waals surface area contributed by atoms with Crippen LogP contribution in [0.1, 0.15) is 30.9 Å². The summed E-state index contributed by atoms with van der Waals surface area (Å²) in [5.41, 5.74) is 2.68. The van der Waals surface area contributed by atoms with Crippen molar-refractivity contribution < 1.29 is 9.53 Å². The van der Waals surface area contributed by atoms with E-state index in [1.807, 2.05) is 6.92 Å². The maximum Gasteiger partial charge on any atom is 0.223 e. The van der Waals surface area contributed by atoms with Crippen molar-refractivity contribution >= 4 is 5.91 Å². The fourth-order valence-electron chi connectivity index (χ4n) is 3.77. The number of carbonyl (C=O) groups excluding carboxylic acids is 1. The Balaban J connectivity index is 1.72. The SMILES string of the molecule is Cc1ccccc1C1(CNC(=O)C(C)C2CNC2)CCOCC1. The lowest BCUT2D eigenvalue weighted by Gasteiger charge is -2.39. The van der Waals surface area contributed by atoms with Crippen molar-refractivity contribution in [2.75, 3.05) is 32.8 Å². The Morgan fingerprint density at radius 3 is 2.65 bits per heavy atom. The Bertz CT molecular complexity index is 548. The van der Waals surface area contributed by atoms with Crippen LogP contribution in [0, 0.1) is 18.8 Å². The minimum Gasteiger partial charge on any atom is -0.381 e. The van der Waals surface area contributed by atoms with Gasteiger partial charge in [-0.15, -0.1) is 0 Å². The molecule has 2 heterocycles. The Hall–Kier alpha value is -1.39. The van der Waals surface area contributed by atoms with Crippen molar-refractivity contribution in [1.82, 2.24) is 10.6 Å². The number of benzene rings is 1. The summed E-state index contributed by atoms with van der Waals surface area (Å²) in [6.07, 6.45) is 1.94. The number of hydrogen-bond acceptors (Lipinski definition) is 3. The first-order valence-electron chi connectivity index (χ1n) is 8.75. The molecule has 2 saturated heterocycles. The highest BCUT2D eigenvalue weighted by Crippen LogP contribution is 2.36. The highest BCUT2D eigenvalue weighted by Gasteiger charge is 2.37. The molecule has 1 amide bonds. The molecule has 2 aliphatic heterocycles. The van der Waals surface area contributed by atoms with Crippen LogP contribution in [0.25, 0.3) is 0 Å². The third kappa shape index (κ3) is 3.43. The lowest BCUT2D eigenvalue weighted by atomic mass is 9.72. The van der Waals surface area contributed by atoms with Crippen molar-refractivity contribution in [1.29, 1.82) is 0 Å². The minimum atomic E-state index is 0.0108. The van der Waals surface area contributed by atoms with Gasteiger partial charge in [-0.25, -0.2) is 0 Å². The number of carbonyl (C=O) groups is 1. The summed E-state index contributed by atoms with van der Waals surface area (Å²) in [5.74, 6) is 0.764. The van der Waals surface area contributed by atoms with Crippen LogP contribution >= 0.6 is 0 Å². The van der Waals surface area contributed by atoms with Gasteiger partial charge in [0.15, 0.2) is 0 Å². The Labute approximate surface area is 139 Å². The molecule has 3 rings (SSSR count).